The lowest BCUT2D eigenvalue weighted by Crippen LogP contribution is -2.36. The van der Waals surface area contributed by atoms with E-state index in [0.29, 0.717) is 19.0 Å². The van der Waals surface area contributed by atoms with Crippen LogP contribution in [-0.2, 0) is 13.1 Å². The van der Waals surface area contributed by atoms with Gasteiger partial charge in [-0.25, -0.2) is 9.37 Å². The number of guanidine groups is 1. The molecule has 0 radical (unpaired) electrons. The molecule has 2 N–H and O–H groups in total. The molecule has 1 aromatic heterocycles. The monoisotopic (exact) mass is 497 g/mol. The molecule has 1 aliphatic heterocycles. The number of piperidine rings is 1. The number of anilines is 1. The third-order valence-electron chi connectivity index (χ3n) is 4.97. The van der Waals surface area contributed by atoms with Crippen LogP contribution in [0.1, 0.15) is 30.9 Å². The molecule has 0 aliphatic carbocycles. The maximum absolute atomic E-state index is 13.0. The summed E-state index contributed by atoms with van der Waals surface area (Å²) in [6.45, 7) is 5.73. The average Bonchev–Trinajstić information content (AvgIpc) is 2.70. The van der Waals surface area contributed by atoms with E-state index in [1.54, 1.807) is 19.2 Å². The first-order valence-corrected chi connectivity index (χ1v) is 9.53. The Kier molecular flexibility index (Phi) is 8.95. The lowest BCUT2D eigenvalue weighted by Gasteiger charge is -2.31. The number of nitrogens with one attached hydrogen (secondary N) is 2. The molecule has 1 saturated heterocycles. The van der Waals surface area contributed by atoms with Crippen molar-refractivity contribution < 1.29 is 4.39 Å². The van der Waals surface area contributed by atoms with Gasteiger partial charge in [-0.15, -0.1) is 24.0 Å². The first-order valence-electron chi connectivity index (χ1n) is 9.53. The largest absolute Gasteiger partial charge is 0.357 e. The number of nitrogens with zero attached hydrogens (tertiary/aromatic N) is 3. The molecule has 2 aromatic rings. The summed E-state index contributed by atoms with van der Waals surface area (Å²) in [6.07, 6.45) is 4.40. The summed E-state index contributed by atoms with van der Waals surface area (Å²) in [5.74, 6) is 2.35. The quantitative estimate of drug-likeness (QED) is 0.374. The van der Waals surface area contributed by atoms with Gasteiger partial charge in [-0.2, -0.15) is 0 Å². The number of rotatable bonds is 5. The standard InChI is InChI=1S/C21H28FN5.HI/c1-16-9-11-27(12-10-16)20-8-5-18(14-24-20)15-26-21(23-2)25-13-17-3-6-19(22)7-4-17;/h3-8,14,16H,9-13,15H2,1-2H3,(H2,23,25,26);1H. The van der Waals surface area contributed by atoms with E-state index in [1.807, 2.05) is 6.20 Å². The van der Waals surface area contributed by atoms with Crippen LogP contribution in [0.15, 0.2) is 47.6 Å². The molecule has 1 aromatic carbocycles. The number of aliphatic imine (C=N–C) groups is 1. The molecule has 28 heavy (non-hydrogen) atoms. The van der Waals surface area contributed by atoms with E-state index in [0.717, 1.165) is 36.0 Å². The summed E-state index contributed by atoms with van der Waals surface area (Å²) in [4.78, 5) is 11.2. The minimum absolute atomic E-state index is 0. The molecule has 1 fully saturated rings. The molecule has 3 rings (SSSR count). The summed E-state index contributed by atoms with van der Waals surface area (Å²) in [7, 11) is 1.73. The Labute approximate surface area is 183 Å². The fourth-order valence-corrected chi connectivity index (χ4v) is 3.14. The van der Waals surface area contributed by atoms with Crippen molar-refractivity contribution in [3.63, 3.8) is 0 Å². The molecule has 152 valence electrons. The van der Waals surface area contributed by atoms with Crippen molar-refractivity contribution in [2.24, 2.45) is 10.9 Å². The van der Waals surface area contributed by atoms with Crippen LogP contribution < -0.4 is 15.5 Å². The lowest BCUT2D eigenvalue weighted by atomic mass is 9.99. The van der Waals surface area contributed by atoms with Crippen LogP contribution >= 0.6 is 24.0 Å². The van der Waals surface area contributed by atoms with E-state index in [9.17, 15) is 4.39 Å². The normalized spacial score (nSPS) is 15.1. The molecule has 0 bridgehead atoms. The Morgan fingerprint density at radius 3 is 2.25 bits per heavy atom. The molecule has 0 spiro atoms. The Balaban J connectivity index is 0.00000280. The fraction of sp³-hybridized carbons (Fsp3) is 0.429. The summed E-state index contributed by atoms with van der Waals surface area (Å²) < 4.78 is 13.0. The van der Waals surface area contributed by atoms with Gasteiger partial charge in [-0.05, 0) is 48.1 Å². The van der Waals surface area contributed by atoms with Gasteiger partial charge in [0.05, 0.1) is 0 Å². The molecule has 5 nitrogen and oxygen atoms in total. The zero-order valence-corrected chi connectivity index (χ0v) is 18.8. The Bertz CT molecular complexity index is 740. The highest BCUT2D eigenvalue weighted by atomic mass is 127. The highest BCUT2D eigenvalue weighted by Gasteiger charge is 2.16. The number of halogens is 2. The molecule has 0 saturated carbocycles. The summed E-state index contributed by atoms with van der Waals surface area (Å²) >= 11 is 0. The zero-order chi connectivity index (χ0) is 19.1. The molecule has 0 unspecified atom stereocenters. The second-order valence-corrected chi connectivity index (χ2v) is 7.10. The maximum Gasteiger partial charge on any atom is 0.191 e. The third-order valence-corrected chi connectivity index (χ3v) is 4.97. The predicted octanol–water partition coefficient (Wildman–Crippen LogP) is 3.94. The molecule has 1 aliphatic rings. The van der Waals surface area contributed by atoms with E-state index in [4.69, 9.17) is 0 Å². The van der Waals surface area contributed by atoms with Crippen LogP contribution in [0.25, 0.3) is 0 Å². The first-order chi connectivity index (χ1) is 13.1. The van der Waals surface area contributed by atoms with Gasteiger partial charge in [-0.3, -0.25) is 4.99 Å². The number of aromatic nitrogens is 1. The highest BCUT2D eigenvalue weighted by Crippen LogP contribution is 2.21. The summed E-state index contributed by atoms with van der Waals surface area (Å²) in [5, 5.41) is 6.51. The topological polar surface area (TPSA) is 52.6 Å². The van der Waals surface area contributed by atoms with E-state index < -0.39 is 0 Å². The molecule has 0 amide bonds. The van der Waals surface area contributed by atoms with Gasteiger partial charge >= 0.3 is 0 Å². The first kappa shape index (κ1) is 22.4. The molecule has 7 heteroatoms. The number of hydrogen-bond acceptors (Lipinski definition) is 3. The molecular weight excluding hydrogens is 468 g/mol. The van der Waals surface area contributed by atoms with Gasteiger partial charge in [0.2, 0.25) is 0 Å². The smallest absolute Gasteiger partial charge is 0.191 e. The highest BCUT2D eigenvalue weighted by molar-refractivity contribution is 14.0. The van der Waals surface area contributed by atoms with Crippen LogP contribution in [0, 0.1) is 11.7 Å². The molecular formula is C21H29FIN5. The van der Waals surface area contributed by atoms with E-state index >= 15 is 0 Å². The fourth-order valence-electron chi connectivity index (χ4n) is 3.14. The van der Waals surface area contributed by atoms with E-state index in [-0.39, 0.29) is 29.8 Å². The Morgan fingerprint density at radius 1 is 1.07 bits per heavy atom. The van der Waals surface area contributed by atoms with Gasteiger partial charge in [0, 0.05) is 39.4 Å². The average molecular weight is 497 g/mol. The van der Waals surface area contributed by atoms with Gasteiger partial charge in [0.15, 0.2) is 5.96 Å². The van der Waals surface area contributed by atoms with Gasteiger partial charge in [-0.1, -0.05) is 25.1 Å². The van der Waals surface area contributed by atoms with Crippen LogP contribution in [-0.4, -0.2) is 31.1 Å². The van der Waals surface area contributed by atoms with Crippen LogP contribution in [0.3, 0.4) is 0 Å². The van der Waals surface area contributed by atoms with Crippen molar-refractivity contribution in [3.8, 4) is 0 Å². The minimum Gasteiger partial charge on any atom is -0.357 e. The Morgan fingerprint density at radius 2 is 1.68 bits per heavy atom. The Hall–Kier alpha value is -1.90. The number of benzene rings is 1. The second kappa shape index (κ2) is 11.2. The lowest BCUT2D eigenvalue weighted by molar-refractivity contribution is 0.436. The molecule has 2 heterocycles. The molecule has 0 atom stereocenters. The maximum atomic E-state index is 13.0. The SMILES string of the molecule is CN=C(NCc1ccc(F)cc1)NCc1ccc(N2CCC(C)CC2)nc1.I. The van der Waals surface area contributed by atoms with Crippen molar-refractivity contribution in [1.29, 1.82) is 0 Å². The summed E-state index contributed by atoms with van der Waals surface area (Å²) in [5.41, 5.74) is 2.11. The van der Waals surface area contributed by atoms with Gasteiger partial charge in [0.1, 0.15) is 11.6 Å². The van der Waals surface area contributed by atoms with Crippen molar-refractivity contribution in [2.45, 2.75) is 32.9 Å². The minimum atomic E-state index is -0.226. The van der Waals surface area contributed by atoms with Crippen LogP contribution in [0.2, 0.25) is 0 Å². The van der Waals surface area contributed by atoms with E-state index in [2.05, 4.69) is 44.6 Å². The van der Waals surface area contributed by atoms with Gasteiger partial charge in [0.25, 0.3) is 0 Å². The number of hydrogen-bond donors (Lipinski definition) is 2. The van der Waals surface area contributed by atoms with Crippen LogP contribution in [0.5, 0.6) is 0 Å². The third kappa shape index (κ3) is 6.61. The zero-order valence-electron chi connectivity index (χ0n) is 16.5. The predicted molar refractivity (Wildman–Crippen MR) is 124 cm³/mol. The van der Waals surface area contributed by atoms with Crippen LogP contribution in [0.4, 0.5) is 10.2 Å². The van der Waals surface area contributed by atoms with Gasteiger partial charge < -0.3 is 15.5 Å². The van der Waals surface area contributed by atoms with Crippen molar-refractivity contribution in [1.82, 2.24) is 15.6 Å². The van der Waals surface area contributed by atoms with Crippen molar-refractivity contribution >= 4 is 35.8 Å². The van der Waals surface area contributed by atoms with Crippen molar-refractivity contribution in [3.05, 3.63) is 59.5 Å². The summed E-state index contributed by atoms with van der Waals surface area (Å²) in [6, 6.07) is 10.7. The number of pyridine rings is 1. The second-order valence-electron chi connectivity index (χ2n) is 7.10. The van der Waals surface area contributed by atoms with E-state index in [1.165, 1.54) is 25.0 Å². The van der Waals surface area contributed by atoms with Crippen molar-refractivity contribution in [2.75, 3.05) is 25.0 Å².